The lowest BCUT2D eigenvalue weighted by Crippen LogP contribution is -2.50. The zero-order chi connectivity index (χ0) is 21.1. The van der Waals surface area contributed by atoms with E-state index in [2.05, 4.69) is 10.2 Å². The fourth-order valence-electron chi connectivity index (χ4n) is 3.77. The minimum Gasteiger partial charge on any atom is -0.454 e. The molecule has 3 heterocycles. The van der Waals surface area contributed by atoms with Crippen LogP contribution in [0.1, 0.15) is 16.8 Å². The van der Waals surface area contributed by atoms with E-state index in [0.29, 0.717) is 30.2 Å². The van der Waals surface area contributed by atoms with E-state index in [1.807, 2.05) is 11.9 Å². The molecule has 0 spiro atoms. The fourth-order valence-corrected chi connectivity index (χ4v) is 3.77. The second kappa shape index (κ2) is 9.03. The number of carbonyl (C=O) groups excluding carboxylic acids is 2. The number of aliphatic hydroxyl groups is 1. The molecule has 1 saturated heterocycles. The van der Waals surface area contributed by atoms with Gasteiger partial charge in [0.05, 0.1) is 25.2 Å². The van der Waals surface area contributed by atoms with Crippen LogP contribution >= 0.6 is 0 Å². The molecule has 30 heavy (non-hydrogen) atoms. The summed E-state index contributed by atoms with van der Waals surface area (Å²) >= 11 is 0. The lowest BCUT2D eigenvalue weighted by Gasteiger charge is -2.35. The van der Waals surface area contributed by atoms with Gasteiger partial charge in [0.2, 0.25) is 12.7 Å². The molecule has 9 nitrogen and oxygen atoms in total. The maximum absolute atomic E-state index is 12.6. The van der Waals surface area contributed by atoms with Gasteiger partial charge in [-0.3, -0.25) is 9.59 Å². The first-order valence-electron chi connectivity index (χ1n) is 10.1. The number of ether oxygens (including phenoxy) is 3. The van der Waals surface area contributed by atoms with Crippen LogP contribution in [0.15, 0.2) is 30.4 Å². The number of hydrogen-bond donors (Lipinski definition) is 2. The van der Waals surface area contributed by atoms with Crippen LogP contribution in [0.2, 0.25) is 0 Å². The van der Waals surface area contributed by atoms with Crippen molar-refractivity contribution in [2.24, 2.45) is 0 Å². The highest BCUT2D eigenvalue weighted by molar-refractivity contribution is 5.95. The molecule has 1 aromatic carbocycles. The Morgan fingerprint density at radius 2 is 1.90 bits per heavy atom. The lowest BCUT2D eigenvalue weighted by atomic mass is 10.0. The van der Waals surface area contributed by atoms with Gasteiger partial charge >= 0.3 is 0 Å². The highest BCUT2D eigenvalue weighted by atomic mass is 16.7. The molecule has 4 rings (SSSR count). The molecular formula is C21H27N3O6. The highest BCUT2D eigenvalue weighted by Crippen LogP contribution is 2.32. The second-order valence-electron chi connectivity index (χ2n) is 7.74. The Labute approximate surface area is 175 Å². The van der Waals surface area contributed by atoms with E-state index >= 15 is 0 Å². The third-order valence-electron chi connectivity index (χ3n) is 5.63. The van der Waals surface area contributed by atoms with E-state index in [1.54, 1.807) is 30.4 Å². The molecule has 0 aliphatic carbocycles. The van der Waals surface area contributed by atoms with Crippen molar-refractivity contribution in [3.63, 3.8) is 0 Å². The SMILES string of the molecule is CN1CCN(C(=O)C[C@H]2C=C[C@@H](NC(=O)c3ccc4c(c3)OCO4)[C@@H](CO)O2)CC1. The molecule has 3 atom stereocenters. The Balaban J connectivity index is 1.34. The number of nitrogens with zero attached hydrogens (tertiary/aromatic N) is 2. The van der Waals surface area contributed by atoms with Crippen LogP contribution < -0.4 is 14.8 Å². The molecule has 1 aromatic rings. The number of nitrogens with one attached hydrogen (secondary N) is 1. The van der Waals surface area contributed by atoms with Crippen molar-refractivity contribution in [3.05, 3.63) is 35.9 Å². The van der Waals surface area contributed by atoms with Crippen LogP contribution in [0.5, 0.6) is 11.5 Å². The molecule has 0 saturated carbocycles. The predicted molar refractivity (Wildman–Crippen MR) is 107 cm³/mol. The first kappa shape index (κ1) is 20.6. The Bertz CT molecular complexity index is 821. The van der Waals surface area contributed by atoms with Gasteiger partial charge in [0, 0.05) is 31.7 Å². The number of piperazine rings is 1. The van der Waals surface area contributed by atoms with Crippen LogP contribution in [0.3, 0.4) is 0 Å². The number of fused-ring (bicyclic) bond motifs is 1. The molecule has 1 fully saturated rings. The van der Waals surface area contributed by atoms with Crippen molar-refractivity contribution in [2.75, 3.05) is 46.6 Å². The van der Waals surface area contributed by atoms with Gasteiger partial charge in [0.15, 0.2) is 11.5 Å². The third kappa shape index (κ3) is 4.58. The first-order chi connectivity index (χ1) is 14.5. The molecule has 0 bridgehead atoms. The molecule has 162 valence electrons. The third-order valence-corrected chi connectivity index (χ3v) is 5.63. The van der Waals surface area contributed by atoms with Crippen LogP contribution in [0.25, 0.3) is 0 Å². The summed E-state index contributed by atoms with van der Waals surface area (Å²) in [6, 6.07) is 4.47. The van der Waals surface area contributed by atoms with Crippen LogP contribution in [0.4, 0.5) is 0 Å². The van der Waals surface area contributed by atoms with Crippen molar-refractivity contribution in [1.82, 2.24) is 15.1 Å². The number of aliphatic hydroxyl groups excluding tert-OH is 1. The monoisotopic (exact) mass is 417 g/mol. The molecule has 0 unspecified atom stereocenters. The number of benzene rings is 1. The molecule has 3 aliphatic heterocycles. The number of likely N-dealkylation sites (N-methyl/N-ethyl adjacent to an activating group) is 1. The molecule has 0 aromatic heterocycles. The van der Waals surface area contributed by atoms with Crippen molar-refractivity contribution in [3.8, 4) is 11.5 Å². The average Bonchev–Trinajstić information content (AvgIpc) is 3.23. The smallest absolute Gasteiger partial charge is 0.251 e. The van der Waals surface area contributed by atoms with Gasteiger partial charge in [-0.05, 0) is 25.2 Å². The Morgan fingerprint density at radius 3 is 2.67 bits per heavy atom. The van der Waals surface area contributed by atoms with Gasteiger partial charge < -0.3 is 34.4 Å². The zero-order valence-corrected chi connectivity index (χ0v) is 17.0. The van der Waals surface area contributed by atoms with E-state index in [4.69, 9.17) is 14.2 Å². The summed E-state index contributed by atoms with van der Waals surface area (Å²) in [6.45, 7) is 3.02. The van der Waals surface area contributed by atoms with Crippen LogP contribution in [-0.2, 0) is 9.53 Å². The van der Waals surface area contributed by atoms with Crippen molar-refractivity contribution in [2.45, 2.75) is 24.7 Å². The summed E-state index contributed by atoms with van der Waals surface area (Å²) in [5, 5.41) is 12.6. The summed E-state index contributed by atoms with van der Waals surface area (Å²) in [7, 11) is 2.04. The second-order valence-corrected chi connectivity index (χ2v) is 7.74. The zero-order valence-electron chi connectivity index (χ0n) is 17.0. The number of carbonyl (C=O) groups is 2. The highest BCUT2D eigenvalue weighted by Gasteiger charge is 2.31. The minimum atomic E-state index is -0.627. The van der Waals surface area contributed by atoms with Gasteiger partial charge in [0.25, 0.3) is 5.91 Å². The largest absolute Gasteiger partial charge is 0.454 e. The standard InChI is InChI=1S/C21H27N3O6/c1-23-6-8-24(9-7-23)20(26)11-15-3-4-16(19(12-25)30-15)22-21(27)14-2-5-17-18(10-14)29-13-28-17/h2-5,10,15-16,19,25H,6-9,11-13H2,1H3,(H,22,27)/t15-,16-,19-/m1/s1. The molecule has 0 radical (unpaired) electrons. The quantitative estimate of drug-likeness (QED) is 0.650. The van der Waals surface area contributed by atoms with Gasteiger partial charge in [-0.15, -0.1) is 0 Å². The Morgan fingerprint density at radius 1 is 1.13 bits per heavy atom. The Hall–Kier alpha value is -2.62. The van der Waals surface area contributed by atoms with E-state index in [1.165, 1.54) is 0 Å². The van der Waals surface area contributed by atoms with E-state index < -0.39 is 18.2 Å². The average molecular weight is 417 g/mol. The Kier molecular flexibility index (Phi) is 6.21. The number of amides is 2. The maximum atomic E-state index is 12.6. The first-order valence-corrected chi connectivity index (χ1v) is 10.1. The number of rotatable bonds is 5. The van der Waals surface area contributed by atoms with Gasteiger partial charge in [-0.25, -0.2) is 0 Å². The minimum absolute atomic E-state index is 0.0392. The summed E-state index contributed by atoms with van der Waals surface area (Å²) in [5.41, 5.74) is 0.428. The number of hydrogen-bond acceptors (Lipinski definition) is 7. The molecule has 3 aliphatic rings. The lowest BCUT2D eigenvalue weighted by molar-refractivity contribution is -0.137. The maximum Gasteiger partial charge on any atom is 0.251 e. The van der Waals surface area contributed by atoms with Crippen molar-refractivity contribution in [1.29, 1.82) is 0 Å². The van der Waals surface area contributed by atoms with Gasteiger partial charge in [-0.2, -0.15) is 0 Å². The van der Waals surface area contributed by atoms with Crippen molar-refractivity contribution < 1.29 is 28.9 Å². The van der Waals surface area contributed by atoms with Crippen LogP contribution in [-0.4, -0.2) is 91.6 Å². The topological polar surface area (TPSA) is 101 Å². The predicted octanol–water partition coefficient (Wildman–Crippen LogP) is -0.00630. The van der Waals surface area contributed by atoms with E-state index in [-0.39, 0.29) is 31.6 Å². The van der Waals surface area contributed by atoms with Crippen LogP contribution in [0, 0.1) is 0 Å². The summed E-state index contributed by atoms with van der Waals surface area (Å²) < 4.78 is 16.5. The van der Waals surface area contributed by atoms with Gasteiger partial charge in [-0.1, -0.05) is 12.2 Å². The summed E-state index contributed by atoms with van der Waals surface area (Å²) in [5.74, 6) is 0.863. The van der Waals surface area contributed by atoms with E-state index in [9.17, 15) is 14.7 Å². The normalized spacial score (nSPS) is 25.9. The van der Waals surface area contributed by atoms with Gasteiger partial charge in [0.1, 0.15) is 6.10 Å². The molecule has 2 N–H and O–H groups in total. The molecule has 9 heteroatoms. The fraction of sp³-hybridized carbons (Fsp3) is 0.524. The molecule has 2 amide bonds. The van der Waals surface area contributed by atoms with E-state index in [0.717, 1.165) is 13.1 Å². The summed E-state index contributed by atoms with van der Waals surface area (Å²) in [4.78, 5) is 29.2. The summed E-state index contributed by atoms with van der Waals surface area (Å²) in [6.07, 6.45) is 2.74. The van der Waals surface area contributed by atoms with Crippen molar-refractivity contribution >= 4 is 11.8 Å². The molecular weight excluding hydrogens is 390 g/mol.